The molecule has 1 fully saturated rings. The van der Waals surface area contributed by atoms with Gasteiger partial charge in [0, 0.05) is 10.7 Å². The highest BCUT2D eigenvalue weighted by atomic mass is 35.5. The van der Waals surface area contributed by atoms with Crippen molar-refractivity contribution in [3.05, 3.63) is 27.8 Å². The summed E-state index contributed by atoms with van der Waals surface area (Å²) in [6.07, 6.45) is 2.23. The zero-order valence-electron chi connectivity index (χ0n) is 9.34. The molecule has 1 aromatic rings. The Morgan fingerprint density at radius 2 is 2.19 bits per heavy atom. The van der Waals surface area contributed by atoms with Crippen LogP contribution in [0.25, 0.3) is 0 Å². The van der Waals surface area contributed by atoms with Crippen molar-refractivity contribution in [2.75, 3.05) is 12.8 Å². The Morgan fingerprint density at radius 1 is 1.56 bits per heavy atom. The van der Waals surface area contributed by atoms with Gasteiger partial charge in [-0.1, -0.05) is 11.6 Å². The van der Waals surface area contributed by atoms with Crippen LogP contribution in [-0.4, -0.2) is 13.1 Å². The van der Waals surface area contributed by atoms with Gasteiger partial charge in [0.1, 0.15) is 0 Å². The largest absolute Gasteiger partial charge is 0.465 e. The number of nitrogens with two attached hydrogens (primary N) is 1. The second-order valence-corrected chi connectivity index (χ2v) is 4.53. The van der Waals surface area contributed by atoms with E-state index >= 15 is 0 Å². The number of nitrogen functional groups attached to an aromatic ring is 1. The molecule has 86 valence electrons. The maximum Gasteiger partial charge on any atom is 0.340 e. The lowest BCUT2D eigenvalue weighted by Crippen LogP contribution is -2.09. The lowest BCUT2D eigenvalue weighted by atomic mass is 9.98. The molecule has 3 nitrogen and oxygen atoms in total. The lowest BCUT2D eigenvalue weighted by molar-refractivity contribution is 0.0602. The molecular formula is C12H14ClNO2. The molecule has 1 aliphatic carbocycles. The summed E-state index contributed by atoms with van der Waals surface area (Å²) in [7, 11) is 1.34. The summed E-state index contributed by atoms with van der Waals surface area (Å²) >= 11 is 6.10. The van der Waals surface area contributed by atoms with Gasteiger partial charge >= 0.3 is 5.97 Å². The van der Waals surface area contributed by atoms with Crippen molar-refractivity contribution in [2.45, 2.75) is 25.7 Å². The van der Waals surface area contributed by atoms with E-state index in [1.54, 1.807) is 6.07 Å². The van der Waals surface area contributed by atoms with E-state index in [1.807, 2.05) is 6.92 Å². The fourth-order valence-corrected chi connectivity index (χ4v) is 2.18. The van der Waals surface area contributed by atoms with Crippen LogP contribution >= 0.6 is 11.6 Å². The summed E-state index contributed by atoms with van der Waals surface area (Å²) in [4.78, 5) is 11.5. The molecule has 0 aliphatic heterocycles. The molecule has 0 unspecified atom stereocenters. The summed E-state index contributed by atoms with van der Waals surface area (Å²) in [5, 5.41) is 0.580. The van der Waals surface area contributed by atoms with Gasteiger partial charge in [0.25, 0.3) is 0 Å². The van der Waals surface area contributed by atoms with Gasteiger partial charge in [0.15, 0.2) is 0 Å². The van der Waals surface area contributed by atoms with E-state index in [0.29, 0.717) is 22.2 Å². The number of carbonyl (C=O) groups excluding carboxylic acids is 1. The predicted octanol–water partition coefficient (Wildman–Crippen LogP) is 2.89. The maximum absolute atomic E-state index is 11.5. The fraction of sp³-hybridized carbons (Fsp3) is 0.417. The van der Waals surface area contributed by atoms with E-state index < -0.39 is 5.97 Å². The first-order chi connectivity index (χ1) is 7.56. The average molecular weight is 240 g/mol. The Labute approximate surface area is 99.5 Å². The normalized spacial score (nSPS) is 14.9. The fourth-order valence-electron chi connectivity index (χ4n) is 1.97. The van der Waals surface area contributed by atoms with Crippen LogP contribution in [-0.2, 0) is 4.74 Å². The number of ether oxygens (including phenoxy) is 1. The van der Waals surface area contributed by atoms with Crippen molar-refractivity contribution >= 4 is 23.3 Å². The van der Waals surface area contributed by atoms with Crippen molar-refractivity contribution in [3.8, 4) is 0 Å². The van der Waals surface area contributed by atoms with E-state index in [2.05, 4.69) is 4.74 Å². The third kappa shape index (κ3) is 1.76. The second-order valence-electron chi connectivity index (χ2n) is 4.12. The minimum Gasteiger partial charge on any atom is -0.465 e. The number of hydrogen-bond acceptors (Lipinski definition) is 3. The number of rotatable bonds is 2. The molecular weight excluding hydrogens is 226 g/mol. The molecule has 16 heavy (non-hydrogen) atoms. The first-order valence-electron chi connectivity index (χ1n) is 5.23. The summed E-state index contributed by atoms with van der Waals surface area (Å²) in [5.74, 6) is 0.0309. The maximum atomic E-state index is 11.5. The van der Waals surface area contributed by atoms with Crippen LogP contribution < -0.4 is 5.73 Å². The Morgan fingerprint density at radius 3 is 2.69 bits per heavy atom. The minimum atomic E-state index is -0.429. The molecule has 4 heteroatoms. The van der Waals surface area contributed by atoms with E-state index in [4.69, 9.17) is 17.3 Å². The molecule has 2 rings (SSSR count). The first kappa shape index (κ1) is 11.3. The molecule has 0 spiro atoms. The summed E-state index contributed by atoms with van der Waals surface area (Å²) < 4.78 is 4.69. The molecule has 0 saturated heterocycles. The Kier molecular flexibility index (Phi) is 2.80. The Balaban J connectivity index is 2.59. The van der Waals surface area contributed by atoms with Gasteiger partial charge in [-0.3, -0.25) is 0 Å². The van der Waals surface area contributed by atoms with Gasteiger partial charge < -0.3 is 10.5 Å². The van der Waals surface area contributed by atoms with Crippen molar-refractivity contribution in [1.82, 2.24) is 0 Å². The van der Waals surface area contributed by atoms with Crippen LogP contribution in [0.2, 0.25) is 5.02 Å². The highest BCUT2D eigenvalue weighted by Gasteiger charge is 2.30. The third-order valence-corrected chi connectivity index (χ3v) is 3.40. The van der Waals surface area contributed by atoms with E-state index in [-0.39, 0.29) is 0 Å². The van der Waals surface area contributed by atoms with Crippen molar-refractivity contribution in [2.24, 2.45) is 0 Å². The number of hydrogen-bond donors (Lipinski definition) is 1. The topological polar surface area (TPSA) is 52.3 Å². The van der Waals surface area contributed by atoms with Crippen molar-refractivity contribution in [3.63, 3.8) is 0 Å². The average Bonchev–Trinajstić information content (AvgIpc) is 3.07. The molecule has 0 bridgehead atoms. The molecule has 0 amide bonds. The van der Waals surface area contributed by atoms with Crippen molar-refractivity contribution in [1.29, 1.82) is 0 Å². The molecule has 2 N–H and O–H groups in total. The monoisotopic (exact) mass is 239 g/mol. The Hall–Kier alpha value is -1.22. The molecule has 0 atom stereocenters. The Bertz CT molecular complexity index is 453. The highest BCUT2D eigenvalue weighted by Crippen LogP contribution is 2.46. The van der Waals surface area contributed by atoms with Gasteiger partial charge in [-0.2, -0.15) is 0 Å². The van der Waals surface area contributed by atoms with Crippen LogP contribution in [0.3, 0.4) is 0 Å². The quantitative estimate of drug-likeness (QED) is 0.638. The van der Waals surface area contributed by atoms with E-state index in [9.17, 15) is 4.79 Å². The summed E-state index contributed by atoms with van der Waals surface area (Å²) in [6, 6.07) is 1.59. The van der Waals surface area contributed by atoms with Gasteiger partial charge in [0.2, 0.25) is 0 Å². The van der Waals surface area contributed by atoms with Gasteiger partial charge in [0.05, 0.1) is 12.7 Å². The molecule has 0 heterocycles. The SMILES string of the molecule is COC(=O)c1cc(Cl)c(C)c(C2CC2)c1N. The summed E-state index contributed by atoms with van der Waals surface area (Å²) in [6.45, 7) is 1.94. The third-order valence-electron chi connectivity index (χ3n) is 3.00. The van der Waals surface area contributed by atoms with Gasteiger partial charge in [-0.15, -0.1) is 0 Å². The first-order valence-corrected chi connectivity index (χ1v) is 5.60. The summed E-state index contributed by atoms with van der Waals surface area (Å²) in [5.41, 5.74) is 8.91. The highest BCUT2D eigenvalue weighted by molar-refractivity contribution is 6.32. The van der Waals surface area contributed by atoms with Crippen LogP contribution in [0.5, 0.6) is 0 Å². The molecule has 0 aromatic heterocycles. The zero-order valence-corrected chi connectivity index (χ0v) is 10.1. The number of esters is 1. The smallest absolute Gasteiger partial charge is 0.340 e. The van der Waals surface area contributed by atoms with Crippen LogP contribution in [0.4, 0.5) is 5.69 Å². The molecule has 1 saturated carbocycles. The van der Waals surface area contributed by atoms with Gasteiger partial charge in [-0.25, -0.2) is 4.79 Å². The van der Waals surface area contributed by atoms with Crippen LogP contribution in [0.15, 0.2) is 6.07 Å². The molecule has 1 aliphatic rings. The lowest BCUT2D eigenvalue weighted by Gasteiger charge is -2.13. The standard InChI is InChI=1S/C12H14ClNO2/c1-6-9(13)5-8(12(15)16-2)11(14)10(6)7-3-4-7/h5,7H,3-4,14H2,1-2H3. The zero-order chi connectivity index (χ0) is 11.9. The number of benzene rings is 1. The van der Waals surface area contributed by atoms with Crippen LogP contribution in [0, 0.1) is 6.92 Å². The van der Waals surface area contributed by atoms with Gasteiger partial charge in [-0.05, 0) is 42.9 Å². The van der Waals surface area contributed by atoms with E-state index in [1.165, 1.54) is 7.11 Å². The molecule has 0 radical (unpaired) electrons. The number of carbonyl (C=O) groups is 1. The number of halogens is 1. The molecule has 1 aromatic carbocycles. The minimum absolute atomic E-state index is 0.375. The van der Waals surface area contributed by atoms with Crippen LogP contribution in [0.1, 0.15) is 40.2 Å². The predicted molar refractivity (Wildman–Crippen MR) is 63.9 cm³/mol. The van der Waals surface area contributed by atoms with E-state index in [0.717, 1.165) is 24.0 Å². The number of anilines is 1. The second kappa shape index (κ2) is 3.98. The number of methoxy groups -OCH3 is 1. The van der Waals surface area contributed by atoms with Crippen molar-refractivity contribution < 1.29 is 9.53 Å².